The molecule has 2 aromatic rings. The number of nitrogens with one attached hydrogen (secondary N) is 1. The standard InChI is InChI=1S/C21H23F3N2O4/c1-5-30-17(28)11-26(10-15-6-8-16(9-7-15)21(22,23)24)20(29)19-12(2)18(14(4)27)13(3)25-19/h6-9,25H,5,10-11H2,1-4H3. The number of carbonyl (C=O) groups excluding carboxylic acids is 3. The van der Waals surface area contributed by atoms with Gasteiger partial charge in [0.05, 0.1) is 12.2 Å². The number of ether oxygens (including phenoxy) is 1. The zero-order chi connectivity index (χ0) is 22.6. The SMILES string of the molecule is CCOC(=O)CN(Cc1ccc(C(F)(F)F)cc1)C(=O)c1[nH]c(C)c(C(C)=O)c1C. The third-order valence-corrected chi connectivity index (χ3v) is 4.57. The number of hydrogen-bond acceptors (Lipinski definition) is 4. The minimum absolute atomic E-state index is 0.108. The molecule has 0 aliphatic rings. The van der Waals surface area contributed by atoms with Crippen LogP contribution in [-0.2, 0) is 22.3 Å². The molecule has 1 N–H and O–H groups in total. The van der Waals surface area contributed by atoms with Crippen molar-refractivity contribution in [2.75, 3.05) is 13.2 Å². The first-order chi connectivity index (χ1) is 14.0. The lowest BCUT2D eigenvalue weighted by molar-refractivity contribution is -0.144. The number of aryl methyl sites for hydroxylation is 1. The predicted molar refractivity (Wildman–Crippen MR) is 103 cm³/mol. The molecule has 162 valence electrons. The smallest absolute Gasteiger partial charge is 0.416 e. The number of amides is 1. The van der Waals surface area contributed by atoms with Gasteiger partial charge in [-0.3, -0.25) is 14.4 Å². The van der Waals surface area contributed by atoms with Crippen LogP contribution in [0.15, 0.2) is 24.3 Å². The van der Waals surface area contributed by atoms with Gasteiger partial charge in [-0.2, -0.15) is 13.2 Å². The van der Waals surface area contributed by atoms with Gasteiger partial charge in [0.1, 0.15) is 12.2 Å². The molecule has 2 rings (SSSR count). The second-order valence-electron chi connectivity index (χ2n) is 6.84. The number of halogens is 3. The van der Waals surface area contributed by atoms with Crippen LogP contribution >= 0.6 is 0 Å². The summed E-state index contributed by atoms with van der Waals surface area (Å²) < 4.78 is 43.3. The van der Waals surface area contributed by atoms with E-state index < -0.39 is 23.6 Å². The molecule has 0 atom stereocenters. The molecule has 1 amide bonds. The number of ketones is 1. The summed E-state index contributed by atoms with van der Waals surface area (Å²) in [4.78, 5) is 41.0. The second kappa shape index (κ2) is 9.15. The van der Waals surface area contributed by atoms with E-state index in [4.69, 9.17) is 4.74 Å². The Kier molecular flexibility index (Phi) is 7.07. The fraction of sp³-hybridized carbons (Fsp3) is 0.381. The minimum atomic E-state index is -4.47. The number of carbonyl (C=O) groups is 3. The molecule has 0 spiro atoms. The molecule has 30 heavy (non-hydrogen) atoms. The third-order valence-electron chi connectivity index (χ3n) is 4.57. The Morgan fingerprint density at radius 1 is 1.10 bits per heavy atom. The fourth-order valence-corrected chi connectivity index (χ4v) is 3.23. The lowest BCUT2D eigenvalue weighted by Crippen LogP contribution is -2.36. The van der Waals surface area contributed by atoms with Gasteiger partial charge in [-0.05, 0) is 51.0 Å². The van der Waals surface area contributed by atoms with Crippen LogP contribution in [0.5, 0.6) is 0 Å². The van der Waals surface area contributed by atoms with Gasteiger partial charge < -0.3 is 14.6 Å². The lowest BCUT2D eigenvalue weighted by atomic mass is 10.1. The number of rotatable bonds is 7. The van der Waals surface area contributed by atoms with Crippen LogP contribution in [0.4, 0.5) is 13.2 Å². The summed E-state index contributed by atoms with van der Waals surface area (Å²) in [5.74, 6) is -1.42. The first-order valence-electron chi connectivity index (χ1n) is 9.26. The number of hydrogen-bond donors (Lipinski definition) is 1. The Bertz CT molecular complexity index is 946. The molecule has 0 aliphatic heterocycles. The molecular formula is C21H23F3N2O4. The molecule has 0 aliphatic carbocycles. The largest absolute Gasteiger partial charge is 0.465 e. The van der Waals surface area contributed by atoms with Crippen molar-refractivity contribution >= 4 is 17.7 Å². The van der Waals surface area contributed by atoms with Crippen molar-refractivity contribution < 1.29 is 32.3 Å². The Balaban J connectivity index is 2.36. The first kappa shape index (κ1) is 23.2. The van der Waals surface area contributed by atoms with Crippen molar-refractivity contribution in [2.45, 2.75) is 40.4 Å². The Morgan fingerprint density at radius 2 is 1.70 bits per heavy atom. The molecule has 0 saturated heterocycles. The van der Waals surface area contributed by atoms with Crippen molar-refractivity contribution in [1.29, 1.82) is 0 Å². The van der Waals surface area contributed by atoms with Crippen LogP contribution in [0.2, 0.25) is 0 Å². The Labute approximate surface area is 172 Å². The molecule has 0 saturated carbocycles. The zero-order valence-corrected chi connectivity index (χ0v) is 17.1. The van der Waals surface area contributed by atoms with Gasteiger partial charge in [-0.15, -0.1) is 0 Å². The summed E-state index contributed by atoms with van der Waals surface area (Å²) >= 11 is 0. The topological polar surface area (TPSA) is 79.5 Å². The number of benzene rings is 1. The maximum Gasteiger partial charge on any atom is 0.416 e. The van der Waals surface area contributed by atoms with Gasteiger partial charge in [-0.25, -0.2) is 0 Å². The van der Waals surface area contributed by atoms with Crippen LogP contribution in [-0.4, -0.2) is 40.7 Å². The zero-order valence-electron chi connectivity index (χ0n) is 17.1. The highest BCUT2D eigenvalue weighted by molar-refractivity contribution is 6.03. The molecule has 0 bridgehead atoms. The lowest BCUT2D eigenvalue weighted by Gasteiger charge is -2.22. The fourth-order valence-electron chi connectivity index (χ4n) is 3.23. The van der Waals surface area contributed by atoms with Crippen molar-refractivity contribution in [1.82, 2.24) is 9.88 Å². The number of Topliss-reactive ketones (excluding diaryl/α,β-unsaturated/α-hetero) is 1. The number of aromatic nitrogens is 1. The van der Waals surface area contributed by atoms with Crippen LogP contribution in [0.3, 0.4) is 0 Å². The van der Waals surface area contributed by atoms with Crippen LogP contribution in [0, 0.1) is 13.8 Å². The van der Waals surface area contributed by atoms with E-state index in [9.17, 15) is 27.6 Å². The molecule has 0 fully saturated rings. The number of esters is 1. The monoisotopic (exact) mass is 424 g/mol. The van der Waals surface area contributed by atoms with Gasteiger partial charge >= 0.3 is 12.1 Å². The summed E-state index contributed by atoms with van der Waals surface area (Å²) in [6.07, 6.45) is -4.47. The van der Waals surface area contributed by atoms with Gasteiger partial charge in [0, 0.05) is 17.8 Å². The average molecular weight is 424 g/mol. The molecule has 1 aromatic carbocycles. The quantitative estimate of drug-likeness (QED) is 0.537. The van der Waals surface area contributed by atoms with Gasteiger partial charge in [0.25, 0.3) is 5.91 Å². The van der Waals surface area contributed by atoms with Gasteiger partial charge in [-0.1, -0.05) is 12.1 Å². The van der Waals surface area contributed by atoms with E-state index in [2.05, 4.69) is 4.98 Å². The third kappa shape index (κ3) is 5.28. The van der Waals surface area contributed by atoms with Gasteiger partial charge in [0.15, 0.2) is 5.78 Å². The van der Waals surface area contributed by atoms with E-state index in [0.29, 0.717) is 22.4 Å². The molecule has 1 heterocycles. The highest BCUT2D eigenvalue weighted by atomic mass is 19.4. The first-order valence-corrected chi connectivity index (χ1v) is 9.26. The summed E-state index contributed by atoms with van der Waals surface area (Å²) in [5.41, 5.74) is 1.11. The van der Waals surface area contributed by atoms with Crippen molar-refractivity contribution in [3.05, 3.63) is 57.9 Å². The summed E-state index contributed by atoms with van der Waals surface area (Å²) in [7, 11) is 0. The minimum Gasteiger partial charge on any atom is -0.465 e. The van der Waals surface area contributed by atoms with Crippen molar-refractivity contribution in [3.63, 3.8) is 0 Å². The second-order valence-corrected chi connectivity index (χ2v) is 6.84. The maximum absolute atomic E-state index is 13.1. The van der Waals surface area contributed by atoms with Crippen molar-refractivity contribution in [3.8, 4) is 0 Å². The number of nitrogens with zero attached hydrogens (tertiary/aromatic N) is 1. The molecule has 0 radical (unpaired) electrons. The van der Waals surface area contributed by atoms with E-state index in [1.165, 1.54) is 24.0 Å². The van der Waals surface area contributed by atoms with Crippen molar-refractivity contribution in [2.24, 2.45) is 0 Å². The summed E-state index contributed by atoms with van der Waals surface area (Å²) in [6, 6.07) is 4.34. The van der Waals surface area contributed by atoms with Crippen LogP contribution < -0.4 is 0 Å². The average Bonchev–Trinajstić information content (AvgIpc) is 2.94. The Hall–Kier alpha value is -3.10. The van der Waals surface area contributed by atoms with E-state index in [-0.39, 0.29) is 31.2 Å². The molecule has 0 unspecified atom stereocenters. The highest BCUT2D eigenvalue weighted by Crippen LogP contribution is 2.29. The van der Waals surface area contributed by atoms with Crippen LogP contribution in [0.1, 0.15) is 57.1 Å². The van der Waals surface area contributed by atoms with E-state index >= 15 is 0 Å². The molecular weight excluding hydrogens is 401 g/mol. The molecule has 1 aromatic heterocycles. The normalized spacial score (nSPS) is 11.3. The Morgan fingerprint density at radius 3 is 2.17 bits per heavy atom. The van der Waals surface area contributed by atoms with Crippen LogP contribution in [0.25, 0.3) is 0 Å². The maximum atomic E-state index is 13.1. The van der Waals surface area contributed by atoms with E-state index in [0.717, 1.165) is 12.1 Å². The summed E-state index contributed by atoms with van der Waals surface area (Å²) in [5, 5.41) is 0. The molecule has 9 heteroatoms. The van der Waals surface area contributed by atoms with Gasteiger partial charge in [0.2, 0.25) is 0 Å². The molecule has 6 nitrogen and oxygen atoms in total. The predicted octanol–water partition coefficient (Wildman–Crippen LogP) is 4.06. The number of H-pyrrole nitrogens is 1. The highest BCUT2D eigenvalue weighted by Gasteiger charge is 2.30. The number of alkyl halides is 3. The van der Waals surface area contributed by atoms with E-state index in [1.807, 2.05) is 0 Å². The summed E-state index contributed by atoms with van der Waals surface area (Å²) in [6.45, 7) is 5.91. The number of aromatic amines is 1. The van der Waals surface area contributed by atoms with E-state index in [1.54, 1.807) is 20.8 Å².